The summed E-state index contributed by atoms with van der Waals surface area (Å²) < 4.78 is 44.3. The molecule has 0 spiro atoms. The SMILES string of the molecule is Cc1ccc(C(F)(F)F)nc1NC(=O)[C@@H]1C[C@@]2(CN)C[C@H]2N1C(=O)OC(C)(C)C. The average Bonchev–Trinajstić information content (AvgIpc) is 3.18. The number of nitrogens with zero attached hydrogens (tertiary/aromatic N) is 2. The molecule has 1 saturated heterocycles. The third kappa shape index (κ3) is 4.17. The Morgan fingerprint density at radius 2 is 1.97 bits per heavy atom. The number of halogens is 3. The van der Waals surface area contributed by atoms with E-state index in [1.165, 1.54) is 11.0 Å². The van der Waals surface area contributed by atoms with E-state index in [-0.39, 0.29) is 17.3 Å². The number of fused-ring (bicyclic) bond motifs is 1. The van der Waals surface area contributed by atoms with E-state index in [1.807, 2.05) is 0 Å². The number of anilines is 1. The highest BCUT2D eigenvalue weighted by Crippen LogP contribution is 2.59. The van der Waals surface area contributed by atoms with Crippen molar-refractivity contribution >= 4 is 17.8 Å². The number of amides is 2. The molecule has 3 N–H and O–H groups in total. The summed E-state index contributed by atoms with van der Waals surface area (Å²) in [6.45, 7) is 7.00. The molecule has 2 amide bonds. The van der Waals surface area contributed by atoms with Gasteiger partial charge in [0.1, 0.15) is 23.2 Å². The van der Waals surface area contributed by atoms with Crippen LogP contribution in [0.4, 0.5) is 23.8 Å². The van der Waals surface area contributed by atoms with Crippen molar-refractivity contribution in [3.05, 3.63) is 23.4 Å². The van der Waals surface area contributed by atoms with Crippen LogP contribution in [0.2, 0.25) is 0 Å². The van der Waals surface area contributed by atoms with Crippen molar-refractivity contribution in [2.75, 3.05) is 11.9 Å². The van der Waals surface area contributed by atoms with Crippen LogP contribution in [-0.2, 0) is 15.7 Å². The molecule has 2 aliphatic rings. The largest absolute Gasteiger partial charge is 0.444 e. The van der Waals surface area contributed by atoms with Gasteiger partial charge in [-0.05, 0) is 52.2 Å². The molecule has 2 heterocycles. The molecule has 1 aromatic heterocycles. The zero-order chi connectivity index (χ0) is 21.8. The Kier molecular flexibility index (Phi) is 5.05. The number of pyridine rings is 1. The van der Waals surface area contributed by atoms with Gasteiger partial charge in [0.05, 0.1) is 0 Å². The van der Waals surface area contributed by atoms with Crippen LogP contribution in [0.25, 0.3) is 0 Å². The number of nitrogens with two attached hydrogens (primary N) is 1. The number of hydrogen-bond acceptors (Lipinski definition) is 5. The number of carbonyl (C=O) groups is 2. The molecule has 1 aromatic rings. The quantitative estimate of drug-likeness (QED) is 0.792. The molecule has 0 unspecified atom stereocenters. The number of nitrogens with one attached hydrogen (secondary N) is 1. The van der Waals surface area contributed by atoms with Crippen LogP contribution in [0, 0.1) is 12.3 Å². The Morgan fingerprint density at radius 1 is 1.31 bits per heavy atom. The fourth-order valence-electron chi connectivity index (χ4n) is 3.74. The average molecular weight is 414 g/mol. The summed E-state index contributed by atoms with van der Waals surface area (Å²) in [7, 11) is 0. The number of piperidine rings is 1. The predicted molar refractivity (Wildman–Crippen MR) is 99.0 cm³/mol. The first-order valence-electron chi connectivity index (χ1n) is 9.34. The molecule has 7 nitrogen and oxygen atoms in total. The molecule has 29 heavy (non-hydrogen) atoms. The molecule has 1 aliphatic carbocycles. The second-order valence-corrected chi connectivity index (χ2v) is 8.74. The van der Waals surface area contributed by atoms with E-state index in [1.54, 1.807) is 27.7 Å². The van der Waals surface area contributed by atoms with Crippen LogP contribution in [0.15, 0.2) is 12.1 Å². The van der Waals surface area contributed by atoms with Crippen LogP contribution in [0.5, 0.6) is 0 Å². The van der Waals surface area contributed by atoms with E-state index < -0.39 is 35.5 Å². The highest BCUT2D eigenvalue weighted by Gasteiger charge is 2.67. The third-order valence-electron chi connectivity index (χ3n) is 5.36. The van der Waals surface area contributed by atoms with Gasteiger partial charge in [0.15, 0.2) is 0 Å². The van der Waals surface area contributed by atoms with Gasteiger partial charge in [-0.25, -0.2) is 9.78 Å². The zero-order valence-electron chi connectivity index (χ0n) is 16.8. The van der Waals surface area contributed by atoms with E-state index in [9.17, 15) is 22.8 Å². The van der Waals surface area contributed by atoms with Crippen molar-refractivity contribution in [3.8, 4) is 0 Å². The molecule has 3 atom stereocenters. The minimum absolute atomic E-state index is 0.184. The molecule has 1 saturated carbocycles. The number of ether oxygens (including phenoxy) is 1. The van der Waals surface area contributed by atoms with Crippen molar-refractivity contribution in [3.63, 3.8) is 0 Å². The van der Waals surface area contributed by atoms with Gasteiger partial charge in [0.25, 0.3) is 0 Å². The van der Waals surface area contributed by atoms with Crippen LogP contribution >= 0.6 is 0 Å². The normalized spacial score (nSPS) is 26.1. The molecule has 2 fully saturated rings. The Hall–Kier alpha value is -2.36. The third-order valence-corrected chi connectivity index (χ3v) is 5.36. The van der Waals surface area contributed by atoms with E-state index in [2.05, 4.69) is 10.3 Å². The van der Waals surface area contributed by atoms with Gasteiger partial charge in [-0.15, -0.1) is 0 Å². The maximum atomic E-state index is 13.0. The van der Waals surface area contributed by atoms with Gasteiger partial charge >= 0.3 is 12.3 Å². The van der Waals surface area contributed by atoms with Crippen molar-refractivity contribution < 1.29 is 27.5 Å². The molecule has 10 heteroatoms. The monoisotopic (exact) mass is 414 g/mol. The molecule has 0 aromatic carbocycles. The molecular weight excluding hydrogens is 389 g/mol. The van der Waals surface area contributed by atoms with Crippen molar-refractivity contribution in [2.45, 2.75) is 64.4 Å². The maximum Gasteiger partial charge on any atom is 0.433 e. The topological polar surface area (TPSA) is 97.5 Å². The second-order valence-electron chi connectivity index (χ2n) is 8.74. The first-order valence-corrected chi connectivity index (χ1v) is 9.34. The number of aryl methyl sites for hydroxylation is 1. The lowest BCUT2D eigenvalue weighted by atomic mass is 9.99. The fourth-order valence-corrected chi connectivity index (χ4v) is 3.74. The van der Waals surface area contributed by atoms with Gasteiger partial charge < -0.3 is 15.8 Å². The highest BCUT2D eigenvalue weighted by atomic mass is 19.4. The van der Waals surface area contributed by atoms with E-state index >= 15 is 0 Å². The maximum absolute atomic E-state index is 13.0. The highest BCUT2D eigenvalue weighted by molar-refractivity contribution is 5.97. The van der Waals surface area contributed by atoms with Gasteiger partial charge in [0, 0.05) is 18.0 Å². The van der Waals surface area contributed by atoms with E-state index in [4.69, 9.17) is 10.5 Å². The van der Waals surface area contributed by atoms with Crippen LogP contribution < -0.4 is 11.1 Å². The second kappa shape index (κ2) is 6.86. The zero-order valence-corrected chi connectivity index (χ0v) is 16.8. The van der Waals surface area contributed by atoms with E-state index in [0.29, 0.717) is 24.9 Å². The minimum atomic E-state index is -4.63. The van der Waals surface area contributed by atoms with Gasteiger partial charge in [0.2, 0.25) is 5.91 Å². The van der Waals surface area contributed by atoms with Crippen molar-refractivity contribution in [1.82, 2.24) is 9.88 Å². The Balaban J connectivity index is 1.83. The summed E-state index contributed by atoms with van der Waals surface area (Å²) in [4.78, 5) is 30.5. The number of rotatable bonds is 3. The van der Waals surface area contributed by atoms with Crippen LogP contribution in [-0.4, -0.2) is 46.1 Å². The van der Waals surface area contributed by atoms with Gasteiger partial charge in [-0.1, -0.05) is 6.07 Å². The van der Waals surface area contributed by atoms with Gasteiger partial charge in [-0.3, -0.25) is 9.69 Å². The lowest BCUT2D eigenvalue weighted by Crippen LogP contribution is -2.47. The number of aromatic nitrogens is 1. The summed E-state index contributed by atoms with van der Waals surface area (Å²) in [5.74, 6) is -0.790. The first kappa shape index (κ1) is 21.4. The summed E-state index contributed by atoms with van der Waals surface area (Å²) in [6, 6.07) is 0.994. The molecule has 1 aliphatic heterocycles. The summed E-state index contributed by atoms with van der Waals surface area (Å²) in [6.07, 6.45) is -4.26. The predicted octanol–water partition coefficient (Wildman–Crippen LogP) is 3.07. The number of hydrogen-bond donors (Lipinski definition) is 2. The van der Waals surface area contributed by atoms with Gasteiger partial charge in [-0.2, -0.15) is 13.2 Å². The number of alkyl halides is 3. The van der Waals surface area contributed by atoms with Crippen molar-refractivity contribution in [1.29, 1.82) is 0 Å². The number of carbonyl (C=O) groups excluding carboxylic acids is 2. The molecule has 0 bridgehead atoms. The van der Waals surface area contributed by atoms with Crippen LogP contribution in [0.1, 0.15) is 44.9 Å². The summed E-state index contributed by atoms with van der Waals surface area (Å²) in [5, 5.41) is 2.45. The summed E-state index contributed by atoms with van der Waals surface area (Å²) in [5.41, 5.74) is 4.04. The lowest BCUT2D eigenvalue weighted by Gasteiger charge is -2.29. The fraction of sp³-hybridized carbons (Fsp3) is 0.632. The minimum Gasteiger partial charge on any atom is -0.444 e. The summed E-state index contributed by atoms with van der Waals surface area (Å²) >= 11 is 0. The molecule has 3 rings (SSSR count). The molecular formula is C19H25F3N4O3. The van der Waals surface area contributed by atoms with Crippen LogP contribution in [0.3, 0.4) is 0 Å². The Morgan fingerprint density at radius 3 is 2.52 bits per heavy atom. The first-order chi connectivity index (χ1) is 13.3. The molecule has 160 valence electrons. The number of likely N-dealkylation sites (tertiary alicyclic amines) is 1. The van der Waals surface area contributed by atoms with Crippen molar-refractivity contribution in [2.24, 2.45) is 11.1 Å². The molecule has 0 radical (unpaired) electrons. The smallest absolute Gasteiger partial charge is 0.433 e. The lowest BCUT2D eigenvalue weighted by molar-refractivity contribution is -0.141. The standard InChI is InChI=1S/C19H25F3N4O3/c1-10-5-6-12(19(20,21)22)24-14(10)25-15(27)11-7-18(9-23)8-13(18)26(11)16(28)29-17(2,3)4/h5-6,11,13H,7-9,23H2,1-4H3,(H,24,25,27)/t11-,13+,18-/m0/s1. The Labute approximate surface area is 166 Å². The van der Waals surface area contributed by atoms with E-state index in [0.717, 1.165) is 6.07 Å². The Bertz CT molecular complexity index is 837.